The van der Waals surface area contributed by atoms with E-state index in [-0.39, 0.29) is 5.69 Å². The van der Waals surface area contributed by atoms with Crippen LogP contribution in [0.4, 0.5) is 0 Å². The minimum absolute atomic E-state index is 0.00810. The summed E-state index contributed by atoms with van der Waals surface area (Å²) < 4.78 is 1.87. The van der Waals surface area contributed by atoms with E-state index in [0.717, 1.165) is 49.6 Å². The number of hydrogen-bond donors (Lipinski definition) is 1. The molecule has 1 fully saturated rings. The Bertz CT molecular complexity index is 744. The lowest BCUT2D eigenvalue weighted by Gasteiger charge is -2.28. The molecule has 0 aliphatic carbocycles. The van der Waals surface area contributed by atoms with Gasteiger partial charge in [-0.05, 0) is 50.3 Å². The van der Waals surface area contributed by atoms with Gasteiger partial charge in [0.1, 0.15) is 0 Å². The van der Waals surface area contributed by atoms with Crippen molar-refractivity contribution in [2.45, 2.75) is 46.1 Å². The van der Waals surface area contributed by atoms with Gasteiger partial charge in [-0.25, -0.2) is 4.79 Å². The Morgan fingerprint density at radius 3 is 2.67 bits per heavy atom. The number of rotatable bonds is 6. The van der Waals surface area contributed by atoms with Crippen molar-refractivity contribution in [3.05, 3.63) is 46.4 Å². The fourth-order valence-electron chi connectivity index (χ4n) is 3.45. The van der Waals surface area contributed by atoms with Crippen LogP contribution in [0.1, 0.15) is 39.5 Å². The van der Waals surface area contributed by atoms with Crippen LogP contribution in [0.5, 0.6) is 0 Å². The fraction of sp³-hybridized carbons (Fsp3) is 0.550. The summed E-state index contributed by atoms with van der Waals surface area (Å²) in [6, 6.07) is 7.92. The smallest absolute Gasteiger partial charge is 0.306 e. The number of aryl methyl sites for hydroxylation is 1. The molecule has 2 heterocycles. The van der Waals surface area contributed by atoms with Gasteiger partial charge in [0.25, 0.3) is 0 Å². The van der Waals surface area contributed by atoms with Crippen molar-refractivity contribution in [3.8, 4) is 0 Å². The Labute approximate surface area is 144 Å². The summed E-state index contributed by atoms with van der Waals surface area (Å²) in [7, 11) is 0. The molecule has 24 heavy (non-hydrogen) atoms. The lowest BCUT2D eigenvalue weighted by Crippen LogP contribution is -2.32. The number of imidazole rings is 1. The van der Waals surface area contributed by atoms with Crippen molar-refractivity contribution in [2.24, 2.45) is 5.92 Å². The first kappa shape index (κ1) is 17.0. The van der Waals surface area contributed by atoms with Gasteiger partial charge in [0.15, 0.2) is 0 Å². The lowest BCUT2D eigenvalue weighted by atomic mass is 10.00. The molecule has 3 rings (SSSR count). The van der Waals surface area contributed by atoms with Gasteiger partial charge in [-0.3, -0.25) is 4.57 Å². The Hall–Kier alpha value is -1.81. The number of hydrogen-bond acceptors (Lipinski definition) is 2. The monoisotopic (exact) mass is 327 g/mol. The summed E-state index contributed by atoms with van der Waals surface area (Å²) in [5.41, 5.74) is 3.59. The van der Waals surface area contributed by atoms with Gasteiger partial charge in [-0.1, -0.05) is 37.6 Å². The van der Waals surface area contributed by atoms with E-state index in [2.05, 4.69) is 29.8 Å². The Morgan fingerprint density at radius 1 is 1.17 bits per heavy atom. The van der Waals surface area contributed by atoms with Gasteiger partial charge >= 0.3 is 5.69 Å². The van der Waals surface area contributed by atoms with E-state index in [1.807, 2.05) is 28.8 Å². The summed E-state index contributed by atoms with van der Waals surface area (Å²) >= 11 is 0. The minimum atomic E-state index is 0.00810. The SMILES string of the molecule is CC(C)CC=C1CCN(CCCn2c(=O)[nH]c3ccccc32)CC1. The zero-order chi connectivity index (χ0) is 16.9. The zero-order valence-corrected chi connectivity index (χ0v) is 14.9. The number of aromatic nitrogens is 2. The minimum Gasteiger partial charge on any atom is -0.306 e. The van der Waals surface area contributed by atoms with Crippen molar-refractivity contribution in [3.63, 3.8) is 0 Å². The number of H-pyrrole nitrogens is 1. The van der Waals surface area contributed by atoms with Gasteiger partial charge in [0.2, 0.25) is 0 Å². The van der Waals surface area contributed by atoms with Crippen LogP contribution in [-0.2, 0) is 6.54 Å². The van der Waals surface area contributed by atoms with Crippen LogP contribution >= 0.6 is 0 Å². The Balaban J connectivity index is 1.48. The third kappa shape index (κ3) is 4.18. The van der Waals surface area contributed by atoms with Gasteiger partial charge < -0.3 is 9.88 Å². The second-order valence-electron chi connectivity index (χ2n) is 7.29. The maximum atomic E-state index is 12.1. The molecule has 2 aromatic rings. The fourth-order valence-corrected chi connectivity index (χ4v) is 3.45. The average Bonchev–Trinajstić information content (AvgIpc) is 2.90. The summed E-state index contributed by atoms with van der Waals surface area (Å²) in [4.78, 5) is 17.5. The first-order valence-corrected chi connectivity index (χ1v) is 9.21. The molecule has 4 heteroatoms. The molecule has 0 spiro atoms. The molecule has 0 atom stereocenters. The van der Waals surface area contributed by atoms with Gasteiger partial charge in [0.05, 0.1) is 11.0 Å². The Kier molecular flexibility index (Phi) is 5.56. The second kappa shape index (κ2) is 7.84. The highest BCUT2D eigenvalue weighted by Gasteiger charge is 2.14. The number of fused-ring (bicyclic) bond motifs is 1. The first-order chi connectivity index (χ1) is 11.6. The second-order valence-corrected chi connectivity index (χ2v) is 7.29. The van der Waals surface area contributed by atoms with Crippen molar-refractivity contribution in [2.75, 3.05) is 19.6 Å². The van der Waals surface area contributed by atoms with Crippen LogP contribution < -0.4 is 5.69 Å². The topological polar surface area (TPSA) is 41.0 Å². The molecule has 1 aromatic heterocycles. The number of likely N-dealkylation sites (tertiary alicyclic amines) is 1. The summed E-state index contributed by atoms with van der Waals surface area (Å²) in [6.45, 7) is 8.73. The summed E-state index contributed by atoms with van der Waals surface area (Å²) in [5, 5.41) is 0. The zero-order valence-electron chi connectivity index (χ0n) is 14.9. The molecule has 0 bridgehead atoms. The number of nitrogens with one attached hydrogen (secondary N) is 1. The van der Waals surface area contributed by atoms with Crippen LogP contribution in [0.2, 0.25) is 0 Å². The third-order valence-corrected chi connectivity index (χ3v) is 4.91. The third-order valence-electron chi connectivity index (χ3n) is 4.91. The van der Waals surface area contributed by atoms with Crippen LogP contribution in [-0.4, -0.2) is 34.1 Å². The van der Waals surface area contributed by atoms with Crippen molar-refractivity contribution in [1.29, 1.82) is 0 Å². The molecule has 1 aliphatic rings. The molecule has 0 unspecified atom stereocenters. The van der Waals surface area contributed by atoms with E-state index in [0.29, 0.717) is 0 Å². The number of piperidine rings is 1. The largest absolute Gasteiger partial charge is 0.326 e. The van der Waals surface area contributed by atoms with E-state index in [1.165, 1.54) is 19.3 Å². The van der Waals surface area contributed by atoms with Gasteiger partial charge in [-0.15, -0.1) is 0 Å². The highest BCUT2D eigenvalue weighted by Crippen LogP contribution is 2.18. The molecule has 0 radical (unpaired) electrons. The van der Waals surface area contributed by atoms with E-state index >= 15 is 0 Å². The number of para-hydroxylation sites is 2. The van der Waals surface area contributed by atoms with E-state index in [4.69, 9.17) is 0 Å². The summed E-state index contributed by atoms with van der Waals surface area (Å²) in [5.74, 6) is 0.755. The number of nitrogens with zero attached hydrogens (tertiary/aromatic N) is 2. The molecular formula is C20H29N3O. The number of aromatic amines is 1. The maximum absolute atomic E-state index is 12.1. The predicted octanol–water partition coefficient (Wildman–Crippen LogP) is 3.79. The molecule has 0 amide bonds. The van der Waals surface area contributed by atoms with E-state index < -0.39 is 0 Å². The molecule has 1 N–H and O–H groups in total. The van der Waals surface area contributed by atoms with Crippen LogP contribution in [0.3, 0.4) is 0 Å². The number of allylic oxidation sites excluding steroid dienone is 1. The van der Waals surface area contributed by atoms with Crippen molar-refractivity contribution < 1.29 is 0 Å². The molecule has 1 saturated heterocycles. The Morgan fingerprint density at radius 2 is 1.92 bits per heavy atom. The summed E-state index contributed by atoms with van der Waals surface area (Å²) in [6.07, 6.45) is 7.10. The normalized spacial score (nSPS) is 16.2. The van der Waals surface area contributed by atoms with Crippen LogP contribution in [0.15, 0.2) is 40.7 Å². The number of benzene rings is 1. The van der Waals surface area contributed by atoms with E-state index in [9.17, 15) is 4.79 Å². The van der Waals surface area contributed by atoms with Crippen molar-refractivity contribution in [1.82, 2.24) is 14.5 Å². The van der Waals surface area contributed by atoms with Gasteiger partial charge in [0, 0.05) is 19.6 Å². The molecule has 1 aliphatic heterocycles. The molecule has 0 saturated carbocycles. The average molecular weight is 327 g/mol. The van der Waals surface area contributed by atoms with Crippen LogP contribution in [0, 0.1) is 5.92 Å². The molecule has 4 nitrogen and oxygen atoms in total. The molecule has 130 valence electrons. The first-order valence-electron chi connectivity index (χ1n) is 9.21. The highest BCUT2D eigenvalue weighted by atomic mass is 16.1. The molecule has 1 aromatic carbocycles. The van der Waals surface area contributed by atoms with Gasteiger partial charge in [-0.2, -0.15) is 0 Å². The quantitative estimate of drug-likeness (QED) is 0.820. The molecular weight excluding hydrogens is 298 g/mol. The predicted molar refractivity (Wildman–Crippen MR) is 100 cm³/mol. The van der Waals surface area contributed by atoms with E-state index in [1.54, 1.807) is 5.57 Å². The van der Waals surface area contributed by atoms with Crippen molar-refractivity contribution >= 4 is 11.0 Å². The maximum Gasteiger partial charge on any atom is 0.326 e. The van der Waals surface area contributed by atoms with Crippen LogP contribution in [0.25, 0.3) is 11.0 Å². The standard InChI is InChI=1S/C20H29N3O/c1-16(2)8-9-17-10-14-22(15-11-17)12-5-13-23-19-7-4-3-6-18(19)21-20(23)24/h3-4,6-7,9,16H,5,8,10-15H2,1-2H3,(H,21,24). The lowest BCUT2D eigenvalue weighted by molar-refractivity contribution is 0.248. The highest BCUT2D eigenvalue weighted by molar-refractivity contribution is 5.74.